The lowest BCUT2D eigenvalue weighted by atomic mass is 10.1. The van der Waals surface area contributed by atoms with Crippen LogP contribution in [0.5, 0.6) is 5.75 Å². The molecule has 1 aromatic heterocycles. The molecule has 0 bridgehead atoms. The van der Waals surface area contributed by atoms with Gasteiger partial charge in [-0.1, -0.05) is 18.6 Å². The number of primary amides is 1. The number of thiophene rings is 1. The smallest absolute Gasteiger partial charge is 0.260 e. The van der Waals surface area contributed by atoms with Gasteiger partial charge in [-0.05, 0) is 43.4 Å². The third-order valence-electron chi connectivity index (χ3n) is 4.04. The van der Waals surface area contributed by atoms with Crippen molar-refractivity contribution in [1.29, 1.82) is 0 Å². The molecule has 1 aliphatic carbocycles. The Labute approximate surface area is 138 Å². The highest BCUT2D eigenvalue weighted by Crippen LogP contribution is 2.37. The average molecular weight is 330 g/mol. The molecule has 0 spiro atoms. The highest BCUT2D eigenvalue weighted by atomic mass is 32.1. The number of hydrogen-bond donors (Lipinski definition) is 3. The number of nitrogens with two attached hydrogens (primary N) is 1. The van der Waals surface area contributed by atoms with Crippen LogP contribution in [0.2, 0.25) is 0 Å². The predicted molar refractivity (Wildman–Crippen MR) is 90.2 cm³/mol. The van der Waals surface area contributed by atoms with Gasteiger partial charge in [-0.2, -0.15) is 0 Å². The molecule has 2 aromatic rings. The van der Waals surface area contributed by atoms with E-state index in [0.717, 1.165) is 42.5 Å². The maximum Gasteiger partial charge on any atom is 0.260 e. The third kappa shape index (κ3) is 3.07. The average Bonchev–Trinajstić information content (AvgIpc) is 2.69. The first-order valence-electron chi connectivity index (χ1n) is 7.61. The lowest BCUT2D eigenvalue weighted by Crippen LogP contribution is -2.18. The van der Waals surface area contributed by atoms with Crippen LogP contribution in [0.15, 0.2) is 24.3 Å². The summed E-state index contributed by atoms with van der Waals surface area (Å²) >= 11 is 1.42. The first kappa shape index (κ1) is 15.6. The molecule has 1 heterocycles. The molecule has 0 aliphatic heterocycles. The van der Waals surface area contributed by atoms with Crippen LogP contribution in [0.25, 0.3) is 0 Å². The van der Waals surface area contributed by atoms with Crippen LogP contribution in [0.3, 0.4) is 0 Å². The van der Waals surface area contributed by atoms with E-state index in [2.05, 4.69) is 5.32 Å². The van der Waals surface area contributed by atoms with Crippen LogP contribution in [0.1, 0.15) is 50.4 Å². The molecule has 5 nitrogen and oxygen atoms in total. The standard InChI is InChI=1S/C17H18N2O3S/c18-15(21)14-11-7-2-1-3-9-13(11)23-17(14)19-16(22)10-6-4-5-8-12(10)20/h4-6,8,20H,1-3,7,9H2,(H2,18,21)(H,19,22). The number of rotatable bonds is 3. The minimum atomic E-state index is -0.517. The van der Waals surface area contributed by atoms with Gasteiger partial charge in [-0.3, -0.25) is 9.59 Å². The van der Waals surface area contributed by atoms with E-state index in [4.69, 9.17) is 5.73 Å². The molecule has 4 N–H and O–H groups in total. The fourth-order valence-corrected chi connectivity index (χ4v) is 4.22. The van der Waals surface area contributed by atoms with Gasteiger partial charge in [0, 0.05) is 4.88 Å². The number of fused-ring (bicyclic) bond motifs is 1. The zero-order chi connectivity index (χ0) is 16.4. The summed E-state index contributed by atoms with van der Waals surface area (Å²) in [6.45, 7) is 0. The Morgan fingerprint density at radius 2 is 1.87 bits per heavy atom. The second-order valence-corrected chi connectivity index (χ2v) is 6.71. The molecule has 0 unspecified atom stereocenters. The van der Waals surface area contributed by atoms with Gasteiger partial charge in [0.15, 0.2) is 0 Å². The van der Waals surface area contributed by atoms with E-state index >= 15 is 0 Å². The molecule has 23 heavy (non-hydrogen) atoms. The van der Waals surface area contributed by atoms with Crippen molar-refractivity contribution in [2.75, 3.05) is 5.32 Å². The maximum absolute atomic E-state index is 12.4. The van der Waals surface area contributed by atoms with Gasteiger partial charge in [0.2, 0.25) is 0 Å². The lowest BCUT2D eigenvalue weighted by molar-refractivity contribution is 0.100. The zero-order valence-corrected chi connectivity index (χ0v) is 13.4. The summed E-state index contributed by atoms with van der Waals surface area (Å²) in [5, 5.41) is 13.0. The largest absolute Gasteiger partial charge is 0.507 e. The molecular weight excluding hydrogens is 312 g/mol. The Balaban J connectivity index is 1.95. The molecule has 0 saturated heterocycles. The van der Waals surface area contributed by atoms with Gasteiger partial charge in [0.1, 0.15) is 10.8 Å². The van der Waals surface area contributed by atoms with Crippen molar-refractivity contribution < 1.29 is 14.7 Å². The second kappa shape index (κ2) is 6.42. The van der Waals surface area contributed by atoms with Gasteiger partial charge in [0.25, 0.3) is 11.8 Å². The molecule has 120 valence electrons. The first-order valence-corrected chi connectivity index (χ1v) is 8.43. The Bertz CT molecular complexity index is 767. The number of benzene rings is 1. The molecule has 0 radical (unpaired) electrons. The van der Waals surface area contributed by atoms with Crippen molar-refractivity contribution in [2.24, 2.45) is 5.73 Å². The number of para-hydroxylation sites is 1. The highest BCUT2D eigenvalue weighted by Gasteiger charge is 2.24. The van der Waals surface area contributed by atoms with Crippen LogP contribution < -0.4 is 11.1 Å². The number of phenolic OH excluding ortho intramolecular Hbond substituents is 1. The van der Waals surface area contributed by atoms with Crippen molar-refractivity contribution in [2.45, 2.75) is 32.1 Å². The fourth-order valence-electron chi connectivity index (χ4n) is 2.93. The van der Waals surface area contributed by atoms with Crippen molar-refractivity contribution in [3.8, 4) is 5.75 Å². The monoisotopic (exact) mass is 330 g/mol. The SMILES string of the molecule is NC(=O)c1c(NC(=O)c2ccccc2O)sc2c1CCCCC2. The van der Waals surface area contributed by atoms with E-state index in [1.807, 2.05) is 0 Å². The number of aromatic hydroxyl groups is 1. The summed E-state index contributed by atoms with van der Waals surface area (Å²) in [7, 11) is 0. The van der Waals surface area contributed by atoms with Gasteiger partial charge in [0.05, 0.1) is 11.1 Å². The highest BCUT2D eigenvalue weighted by molar-refractivity contribution is 7.17. The normalized spacial score (nSPS) is 13.9. The number of aryl methyl sites for hydroxylation is 1. The summed E-state index contributed by atoms with van der Waals surface area (Å²) in [6.07, 6.45) is 4.97. The number of anilines is 1. The van der Waals surface area contributed by atoms with Crippen LogP contribution in [-0.4, -0.2) is 16.9 Å². The number of phenols is 1. The Morgan fingerprint density at radius 3 is 2.61 bits per heavy atom. The van der Waals surface area contributed by atoms with Crippen LogP contribution >= 0.6 is 11.3 Å². The summed E-state index contributed by atoms with van der Waals surface area (Å²) in [5.74, 6) is -1.05. The molecule has 6 heteroatoms. The van der Waals surface area contributed by atoms with Crippen molar-refractivity contribution in [3.63, 3.8) is 0 Å². The molecule has 1 aliphatic rings. The van der Waals surface area contributed by atoms with E-state index < -0.39 is 11.8 Å². The molecule has 0 fully saturated rings. The van der Waals surface area contributed by atoms with E-state index in [0.29, 0.717) is 10.6 Å². The number of hydrogen-bond acceptors (Lipinski definition) is 4. The van der Waals surface area contributed by atoms with Gasteiger partial charge in [-0.15, -0.1) is 11.3 Å². The van der Waals surface area contributed by atoms with E-state index in [1.54, 1.807) is 12.1 Å². The second-order valence-electron chi connectivity index (χ2n) is 5.60. The number of carbonyl (C=O) groups is 2. The fraction of sp³-hybridized carbons (Fsp3) is 0.294. The minimum Gasteiger partial charge on any atom is -0.507 e. The summed E-state index contributed by atoms with van der Waals surface area (Å²) in [6, 6.07) is 6.31. The van der Waals surface area contributed by atoms with Crippen molar-refractivity contribution in [3.05, 3.63) is 45.8 Å². The summed E-state index contributed by atoms with van der Waals surface area (Å²) in [4.78, 5) is 25.4. The molecule has 2 amide bonds. The number of nitrogens with one attached hydrogen (secondary N) is 1. The van der Waals surface area contributed by atoms with E-state index in [9.17, 15) is 14.7 Å². The van der Waals surface area contributed by atoms with Gasteiger partial charge < -0.3 is 16.2 Å². The molecule has 3 rings (SSSR count). The lowest BCUT2D eigenvalue weighted by Gasteiger charge is -2.07. The van der Waals surface area contributed by atoms with Crippen LogP contribution in [0, 0.1) is 0 Å². The Morgan fingerprint density at radius 1 is 1.13 bits per heavy atom. The van der Waals surface area contributed by atoms with Gasteiger partial charge in [-0.25, -0.2) is 0 Å². The topological polar surface area (TPSA) is 92.4 Å². The predicted octanol–water partition coefficient (Wildman–Crippen LogP) is 3.07. The third-order valence-corrected chi connectivity index (χ3v) is 5.25. The van der Waals surface area contributed by atoms with Gasteiger partial charge >= 0.3 is 0 Å². The summed E-state index contributed by atoms with van der Waals surface area (Å²) < 4.78 is 0. The Hall–Kier alpha value is -2.34. The number of carbonyl (C=O) groups excluding carboxylic acids is 2. The number of amides is 2. The zero-order valence-electron chi connectivity index (χ0n) is 12.6. The van der Waals surface area contributed by atoms with Crippen LogP contribution in [0.4, 0.5) is 5.00 Å². The quantitative estimate of drug-likeness (QED) is 0.755. The van der Waals surface area contributed by atoms with E-state index in [-0.39, 0.29) is 11.3 Å². The Kier molecular flexibility index (Phi) is 4.34. The molecular formula is C17H18N2O3S. The molecule has 0 atom stereocenters. The van der Waals surface area contributed by atoms with Crippen molar-refractivity contribution >= 4 is 28.2 Å². The maximum atomic E-state index is 12.4. The minimum absolute atomic E-state index is 0.0938. The van der Waals surface area contributed by atoms with Crippen molar-refractivity contribution in [1.82, 2.24) is 0 Å². The molecule has 0 saturated carbocycles. The van der Waals surface area contributed by atoms with Crippen LogP contribution in [-0.2, 0) is 12.8 Å². The first-order chi connectivity index (χ1) is 11.1. The van der Waals surface area contributed by atoms with E-state index in [1.165, 1.54) is 23.5 Å². The summed E-state index contributed by atoms with van der Waals surface area (Å²) in [5.41, 5.74) is 7.12. The molecule has 1 aromatic carbocycles.